The van der Waals surface area contributed by atoms with Gasteiger partial charge < -0.3 is 15.5 Å². The zero-order valence-electron chi connectivity index (χ0n) is 17.2. The lowest BCUT2D eigenvalue weighted by molar-refractivity contribution is -0.895. The number of hydrogen-bond acceptors (Lipinski definition) is 3. The van der Waals surface area contributed by atoms with Crippen LogP contribution in [0.5, 0.6) is 0 Å². The number of pyridine rings is 1. The van der Waals surface area contributed by atoms with E-state index < -0.39 is 0 Å². The molecule has 0 radical (unpaired) electrons. The van der Waals surface area contributed by atoms with Crippen LogP contribution in [0, 0.1) is 0 Å². The first-order chi connectivity index (χ1) is 14.5. The van der Waals surface area contributed by atoms with Crippen LogP contribution in [-0.4, -0.2) is 43.0 Å². The van der Waals surface area contributed by atoms with Crippen LogP contribution in [0.2, 0.25) is 5.15 Å². The molecule has 0 fully saturated rings. The van der Waals surface area contributed by atoms with Crippen molar-refractivity contribution in [3.8, 4) is 0 Å². The largest absolute Gasteiger partial charge is 0.346 e. The first-order valence-electron chi connectivity index (χ1n) is 10.1. The number of fused-ring (bicyclic) bond motifs is 1. The molecule has 0 aliphatic heterocycles. The topological polar surface area (TPSA) is 75.5 Å². The molecule has 0 aliphatic carbocycles. The SMILES string of the molecule is CC[NH+](CC)CCNC(=O)c1ccc(NC(=O)c2cc(Cl)nc3ccccc23)cc1. The maximum Gasteiger partial charge on any atom is 0.256 e. The van der Waals surface area contributed by atoms with E-state index in [1.165, 1.54) is 4.90 Å². The first-order valence-corrected chi connectivity index (χ1v) is 10.5. The van der Waals surface area contributed by atoms with E-state index in [-0.39, 0.29) is 17.0 Å². The molecular weight excluding hydrogens is 400 g/mol. The second-order valence-corrected chi connectivity index (χ2v) is 7.39. The highest BCUT2D eigenvalue weighted by Gasteiger charge is 2.13. The van der Waals surface area contributed by atoms with Crippen molar-refractivity contribution in [3.05, 3.63) is 70.9 Å². The average molecular weight is 426 g/mol. The molecule has 30 heavy (non-hydrogen) atoms. The van der Waals surface area contributed by atoms with Gasteiger partial charge in [-0.25, -0.2) is 4.98 Å². The summed E-state index contributed by atoms with van der Waals surface area (Å²) >= 11 is 6.07. The van der Waals surface area contributed by atoms with Gasteiger partial charge in [-0.05, 0) is 50.2 Å². The Morgan fingerprint density at radius 2 is 1.70 bits per heavy atom. The number of carbonyl (C=O) groups excluding carboxylic acids is 2. The Morgan fingerprint density at radius 1 is 1.00 bits per heavy atom. The zero-order valence-corrected chi connectivity index (χ0v) is 17.9. The number of para-hydroxylation sites is 1. The predicted octanol–water partition coefficient (Wildman–Crippen LogP) is 2.80. The van der Waals surface area contributed by atoms with E-state index >= 15 is 0 Å². The Morgan fingerprint density at radius 3 is 2.40 bits per heavy atom. The number of rotatable bonds is 8. The molecule has 0 aliphatic rings. The summed E-state index contributed by atoms with van der Waals surface area (Å²) in [5.74, 6) is -0.402. The third kappa shape index (κ3) is 5.34. The van der Waals surface area contributed by atoms with Crippen LogP contribution in [-0.2, 0) is 0 Å². The van der Waals surface area contributed by atoms with E-state index in [0.717, 1.165) is 25.0 Å². The number of aromatic nitrogens is 1. The van der Waals surface area contributed by atoms with Gasteiger partial charge in [0.25, 0.3) is 11.8 Å². The summed E-state index contributed by atoms with van der Waals surface area (Å²) in [6.07, 6.45) is 0. The van der Waals surface area contributed by atoms with E-state index in [4.69, 9.17) is 11.6 Å². The van der Waals surface area contributed by atoms with Crippen LogP contribution >= 0.6 is 11.6 Å². The van der Waals surface area contributed by atoms with Crippen LogP contribution in [0.15, 0.2) is 54.6 Å². The number of quaternary nitrogens is 1. The lowest BCUT2D eigenvalue weighted by Crippen LogP contribution is -3.12. The van der Waals surface area contributed by atoms with E-state index in [1.807, 2.05) is 24.3 Å². The molecule has 2 amide bonds. The van der Waals surface area contributed by atoms with Gasteiger partial charge in [0.2, 0.25) is 0 Å². The van der Waals surface area contributed by atoms with Crippen LogP contribution in [0.1, 0.15) is 34.6 Å². The number of nitrogens with one attached hydrogen (secondary N) is 3. The average Bonchev–Trinajstić information content (AvgIpc) is 2.76. The number of amides is 2. The molecule has 0 saturated carbocycles. The minimum absolute atomic E-state index is 0.119. The van der Waals surface area contributed by atoms with Crippen molar-refractivity contribution >= 4 is 40.0 Å². The number of benzene rings is 2. The second-order valence-electron chi connectivity index (χ2n) is 7.00. The lowest BCUT2D eigenvalue weighted by Gasteiger charge is -2.15. The molecule has 0 bridgehead atoms. The quantitative estimate of drug-likeness (QED) is 0.486. The van der Waals surface area contributed by atoms with Crippen LogP contribution in [0.4, 0.5) is 5.69 Å². The zero-order chi connectivity index (χ0) is 21.5. The first kappa shape index (κ1) is 21.7. The number of nitrogens with zero attached hydrogens (tertiary/aromatic N) is 1. The van der Waals surface area contributed by atoms with E-state index in [9.17, 15) is 9.59 Å². The van der Waals surface area contributed by atoms with Crippen molar-refractivity contribution in [1.29, 1.82) is 0 Å². The Bertz CT molecular complexity index is 1030. The normalized spacial score (nSPS) is 10.9. The van der Waals surface area contributed by atoms with Gasteiger partial charge >= 0.3 is 0 Å². The van der Waals surface area contributed by atoms with Gasteiger partial charge in [0.1, 0.15) is 5.15 Å². The molecule has 0 saturated heterocycles. The highest BCUT2D eigenvalue weighted by molar-refractivity contribution is 6.30. The van der Waals surface area contributed by atoms with Gasteiger partial charge in [0.15, 0.2) is 0 Å². The molecule has 0 spiro atoms. The molecule has 7 heteroatoms. The molecule has 0 unspecified atom stereocenters. The van der Waals surface area contributed by atoms with Gasteiger partial charge in [0.05, 0.1) is 37.3 Å². The number of hydrogen-bond donors (Lipinski definition) is 3. The summed E-state index contributed by atoms with van der Waals surface area (Å²) in [5, 5.41) is 6.79. The highest BCUT2D eigenvalue weighted by atomic mass is 35.5. The van der Waals surface area contributed by atoms with Gasteiger partial charge in [-0.1, -0.05) is 29.8 Å². The fraction of sp³-hybridized carbons (Fsp3) is 0.261. The maximum absolute atomic E-state index is 12.8. The van der Waals surface area contributed by atoms with Crippen molar-refractivity contribution in [2.45, 2.75) is 13.8 Å². The monoisotopic (exact) mass is 425 g/mol. The molecule has 1 heterocycles. The van der Waals surface area contributed by atoms with E-state index in [0.29, 0.717) is 28.9 Å². The number of anilines is 1. The van der Waals surface area contributed by atoms with E-state index in [1.54, 1.807) is 30.3 Å². The standard InChI is InChI=1S/C23H25ClN4O2/c1-3-28(4-2)14-13-25-22(29)16-9-11-17(12-10-16)26-23(30)19-15-21(24)27-20-8-6-5-7-18(19)20/h5-12,15H,3-4,13-14H2,1-2H3,(H,25,29)(H,26,30)/p+1. The van der Waals surface area contributed by atoms with Crippen molar-refractivity contribution in [2.75, 3.05) is 31.5 Å². The molecule has 3 N–H and O–H groups in total. The minimum atomic E-state index is -0.283. The Balaban J connectivity index is 1.65. The fourth-order valence-corrected chi connectivity index (χ4v) is 3.49. The molecule has 0 atom stereocenters. The van der Waals surface area contributed by atoms with E-state index in [2.05, 4.69) is 29.5 Å². The molecule has 2 aromatic carbocycles. The predicted molar refractivity (Wildman–Crippen MR) is 120 cm³/mol. The van der Waals surface area contributed by atoms with Gasteiger partial charge in [-0.15, -0.1) is 0 Å². The summed E-state index contributed by atoms with van der Waals surface area (Å²) in [7, 11) is 0. The molecular formula is C23H26ClN4O2+. The van der Waals surface area contributed by atoms with Gasteiger partial charge in [-0.3, -0.25) is 9.59 Å². The Kier molecular flexibility index (Phi) is 7.38. The summed E-state index contributed by atoms with van der Waals surface area (Å²) < 4.78 is 0. The molecule has 1 aromatic heterocycles. The number of halogens is 1. The molecule has 156 valence electrons. The summed E-state index contributed by atoms with van der Waals surface area (Å²) in [4.78, 5) is 30.8. The Hall–Kier alpha value is -2.96. The molecule has 6 nitrogen and oxygen atoms in total. The smallest absolute Gasteiger partial charge is 0.256 e. The van der Waals surface area contributed by atoms with Crippen LogP contribution in [0.25, 0.3) is 10.9 Å². The summed E-state index contributed by atoms with van der Waals surface area (Å²) in [6, 6.07) is 15.7. The van der Waals surface area contributed by atoms with Crippen molar-refractivity contribution < 1.29 is 14.5 Å². The van der Waals surface area contributed by atoms with Crippen molar-refractivity contribution in [2.24, 2.45) is 0 Å². The van der Waals surface area contributed by atoms with Crippen molar-refractivity contribution in [1.82, 2.24) is 10.3 Å². The molecule has 3 rings (SSSR count). The molecule has 3 aromatic rings. The number of likely N-dealkylation sites (N-methyl/N-ethyl adjacent to an activating group) is 1. The Labute approximate surface area is 181 Å². The third-order valence-electron chi connectivity index (χ3n) is 5.10. The van der Waals surface area contributed by atoms with Gasteiger partial charge in [0, 0.05) is 16.6 Å². The van der Waals surface area contributed by atoms with Gasteiger partial charge in [-0.2, -0.15) is 0 Å². The third-order valence-corrected chi connectivity index (χ3v) is 5.29. The summed E-state index contributed by atoms with van der Waals surface area (Å²) in [6.45, 7) is 7.88. The number of carbonyl (C=O) groups is 2. The fourth-order valence-electron chi connectivity index (χ4n) is 3.29. The second kappa shape index (κ2) is 10.2. The highest BCUT2D eigenvalue weighted by Crippen LogP contribution is 2.22. The van der Waals surface area contributed by atoms with Crippen LogP contribution < -0.4 is 15.5 Å². The lowest BCUT2D eigenvalue weighted by atomic mass is 10.1. The van der Waals surface area contributed by atoms with Crippen LogP contribution in [0.3, 0.4) is 0 Å². The minimum Gasteiger partial charge on any atom is -0.346 e. The van der Waals surface area contributed by atoms with Crippen molar-refractivity contribution in [3.63, 3.8) is 0 Å². The summed E-state index contributed by atoms with van der Waals surface area (Å²) in [5.41, 5.74) is 2.26. The maximum atomic E-state index is 12.8.